The molecule has 0 spiro atoms. The summed E-state index contributed by atoms with van der Waals surface area (Å²) >= 11 is 0.394. The fraction of sp³-hybridized carbons (Fsp3) is 0.457. The van der Waals surface area contributed by atoms with Crippen LogP contribution < -0.4 is 0 Å². The van der Waals surface area contributed by atoms with E-state index in [0.29, 0.717) is 24.6 Å². The molecule has 0 radical (unpaired) electrons. The molecule has 3 saturated carbocycles. The van der Waals surface area contributed by atoms with Crippen LogP contribution in [0.5, 0.6) is 0 Å². The number of carbonyl (C=O) groups excluding carboxylic acids is 3. The number of unbranched alkanes of at least 4 members (excludes halogenated alkanes) is 1. The Balaban J connectivity index is 1.11. The lowest BCUT2D eigenvalue weighted by Crippen LogP contribution is -2.70. The number of ether oxygens (including phenoxy) is 2. The van der Waals surface area contributed by atoms with Gasteiger partial charge >= 0.3 is 5.97 Å². The molecule has 296 valence electrons. The lowest BCUT2D eigenvalue weighted by atomic mass is 9.44. The molecule has 6 nitrogen and oxygen atoms in total. The number of thioether (sulfide) groups is 1. The van der Waals surface area contributed by atoms with Crippen LogP contribution in [0.15, 0.2) is 115 Å². The summed E-state index contributed by atoms with van der Waals surface area (Å²) in [7, 11) is 0. The standard InChI is InChI=1S/C46H49F3O6S/c1-30-25-35-36-27-38(48)37-26-34(50)22-23-42(37,2)45(36,49)39(51)28-43(35,3)46(30,41(53)56-29-47)55-40(52)21-13-14-24-54-44(31-15-7-4-8-16-31,32-17-9-5-10-18-32)33-19-11-6-12-20-33/h4-12,15-20,22-23,26,30,35-36,38-39,51H,13-14,21,24-25,27-29H2,1-3H3/t30-,35+,36+,38+,39+,42+,43+,45+,46+/m1/s1. The van der Waals surface area contributed by atoms with Gasteiger partial charge in [-0.1, -0.05) is 111 Å². The van der Waals surface area contributed by atoms with Gasteiger partial charge in [0, 0.05) is 35.7 Å². The van der Waals surface area contributed by atoms with Gasteiger partial charge in [0.05, 0.1) is 6.10 Å². The maximum absolute atomic E-state index is 17.8. The van der Waals surface area contributed by atoms with Crippen molar-refractivity contribution < 1.29 is 42.1 Å². The molecule has 4 aliphatic rings. The van der Waals surface area contributed by atoms with Crippen LogP contribution in [0.25, 0.3) is 0 Å². The molecule has 0 aliphatic heterocycles. The molecule has 3 aromatic carbocycles. The van der Waals surface area contributed by atoms with Crippen LogP contribution in [0, 0.1) is 28.6 Å². The number of esters is 1. The van der Waals surface area contributed by atoms with Crippen LogP contribution in [0.3, 0.4) is 0 Å². The summed E-state index contributed by atoms with van der Waals surface area (Å²) in [5, 5.41) is 11.1. The number of hydrogen-bond acceptors (Lipinski definition) is 7. The van der Waals surface area contributed by atoms with E-state index in [9.17, 15) is 23.9 Å². The van der Waals surface area contributed by atoms with Crippen LogP contribution >= 0.6 is 11.8 Å². The smallest absolute Gasteiger partial charge is 0.306 e. The number of hydrogen-bond donors (Lipinski definition) is 1. The van der Waals surface area contributed by atoms with E-state index >= 15 is 8.78 Å². The first-order chi connectivity index (χ1) is 26.8. The van der Waals surface area contributed by atoms with Crippen molar-refractivity contribution in [2.24, 2.45) is 28.6 Å². The normalized spacial score (nSPS) is 33.5. The van der Waals surface area contributed by atoms with E-state index in [1.807, 2.05) is 91.0 Å². The van der Waals surface area contributed by atoms with Crippen LogP contribution in [-0.2, 0) is 29.5 Å². The van der Waals surface area contributed by atoms with Gasteiger partial charge in [-0.3, -0.25) is 14.4 Å². The molecule has 0 aromatic heterocycles. The largest absolute Gasteiger partial charge is 0.449 e. The highest BCUT2D eigenvalue weighted by molar-refractivity contribution is 8.13. The third kappa shape index (κ3) is 6.13. The molecule has 56 heavy (non-hydrogen) atoms. The zero-order valence-corrected chi connectivity index (χ0v) is 32.8. The molecule has 1 N–H and O–H groups in total. The van der Waals surface area contributed by atoms with Gasteiger partial charge < -0.3 is 14.6 Å². The van der Waals surface area contributed by atoms with Crippen molar-refractivity contribution in [3.05, 3.63) is 131 Å². The second kappa shape index (κ2) is 15.4. The number of aliphatic hydroxyl groups excluding tert-OH is 1. The van der Waals surface area contributed by atoms with E-state index in [-0.39, 0.29) is 37.9 Å². The van der Waals surface area contributed by atoms with E-state index < -0.39 is 80.6 Å². The number of carbonyl (C=O) groups is 3. The van der Waals surface area contributed by atoms with E-state index in [0.717, 1.165) is 22.8 Å². The van der Waals surface area contributed by atoms with Crippen LogP contribution in [0.2, 0.25) is 0 Å². The Morgan fingerprint density at radius 1 is 0.893 bits per heavy atom. The molecule has 0 bridgehead atoms. The predicted molar refractivity (Wildman–Crippen MR) is 210 cm³/mol. The van der Waals surface area contributed by atoms with Gasteiger partial charge in [0.15, 0.2) is 17.1 Å². The Kier molecular flexibility index (Phi) is 11.1. The zero-order chi connectivity index (χ0) is 39.9. The minimum absolute atomic E-state index is 0.00303. The monoisotopic (exact) mass is 786 g/mol. The number of rotatable bonds is 12. The highest BCUT2D eigenvalue weighted by Crippen LogP contribution is 2.72. The van der Waals surface area contributed by atoms with Gasteiger partial charge in [-0.2, -0.15) is 0 Å². The summed E-state index contributed by atoms with van der Waals surface area (Å²) in [6.07, 6.45) is 0.689. The van der Waals surface area contributed by atoms with Crippen molar-refractivity contribution in [2.45, 2.75) is 88.4 Å². The SMILES string of the molecule is C[C@@H]1C[C@H]2[C@@H]3C[C@H](F)C4=CC(=O)C=C[C@]4(C)[C@@]3(F)[C@@H](O)C[C@]2(C)[C@@]1(OC(=O)CCCCOC(c1ccccc1)(c1ccccc1)c1ccccc1)C(=O)SCF. The maximum Gasteiger partial charge on any atom is 0.306 e. The van der Waals surface area contributed by atoms with E-state index in [2.05, 4.69) is 0 Å². The van der Waals surface area contributed by atoms with Crippen LogP contribution in [0.1, 0.15) is 76.0 Å². The second-order valence-electron chi connectivity index (χ2n) is 16.3. The van der Waals surface area contributed by atoms with Gasteiger partial charge in [-0.05, 0) is 91.1 Å². The summed E-state index contributed by atoms with van der Waals surface area (Å²) in [4.78, 5) is 40.3. The second-order valence-corrected chi connectivity index (χ2v) is 17.2. The number of alkyl halides is 3. The average molecular weight is 787 g/mol. The highest BCUT2D eigenvalue weighted by atomic mass is 32.2. The highest BCUT2D eigenvalue weighted by Gasteiger charge is 2.78. The molecule has 0 amide bonds. The van der Waals surface area contributed by atoms with E-state index in [4.69, 9.17) is 9.47 Å². The third-order valence-electron chi connectivity index (χ3n) is 13.6. The van der Waals surface area contributed by atoms with Crippen molar-refractivity contribution >= 4 is 28.6 Å². The Bertz CT molecular complexity index is 1900. The van der Waals surface area contributed by atoms with Gasteiger partial charge in [0.1, 0.15) is 17.8 Å². The fourth-order valence-corrected chi connectivity index (χ4v) is 11.8. The number of fused-ring (bicyclic) bond motifs is 5. The molecule has 10 heteroatoms. The molecule has 0 saturated heterocycles. The molecular weight excluding hydrogens is 738 g/mol. The maximum atomic E-state index is 17.8. The average Bonchev–Trinajstić information content (AvgIpc) is 3.41. The van der Waals surface area contributed by atoms with Gasteiger partial charge in [-0.15, -0.1) is 0 Å². The van der Waals surface area contributed by atoms with Crippen molar-refractivity contribution in [1.29, 1.82) is 0 Å². The van der Waals surface area contributed by atoms with Crippen molar-refractivity contribution in [1.82, 2.24) is 0 Å². The Labute approximate surface area is 330 Å². The molecular formula is C46H49F3O6S. The Morgan fingerprint density at radius 2 is 1.46 bits per heavy atom. The number of halogens is 3. The minimum atomic E-state index is -2.37. The molecule has 9 atom stereocenters. The summed E-state index contributed by atoms with van der Waals surface area (Å²) in [6, 6.07) is 28.8. The Hall–Kier alpha value is -3.99. The fourth-order valence-electron chi connectivity index (χ4n) is 11.0. The van der Waals surface area contributed by atoms with Gasteiger partial charge in [0.25, 0.3) is 0 Å². The van der Waals surface area contributed by atoms with Crippen molar-refractivity contribution in [2.75, 3.05) is 12.6 Å². The first-order valence-electron chi connectivity index (χ1n) is 19.5. The lowest BCUT2D eigenvalue weighted by molar-refractivity contribution is -0.228. The summed E-state index contributed by atoms with van der Waals surface area (Å²) in [5.74, 6) is -3.56. The predicted octanol–water partition coefficient (Wildman–Crippen LogP) is 9.20. The molecule has 3 aromatic rings. The quantitative estimate of drug-likeness (QED) is 0.111. The van der Waals surface area contributed by atoms with Crippen LogP contribution in [0.4, 0.5) is 13.2 Å². The molecule has 4 aliphatic carbocycles. The summed E-state index contributed by atoms with van der Waals surface area (Å²) in [5.41, 5.74) is -5.31. The van der Waals surface area contributed by atoms with Crippen molar-refractivity contribution in [3.8, 4) is 0 Å². The molecule has 3 fully saturated rings. The molecule has 7 rings (SSSR count). The number of allylic oxidation sites excluding steroid dienone is 4. The number of benzene rings is 3. The van der Waals surface area contributed by atoms with Crippen molar-refractivity contribution in [3.63, 3.8) is 0 Å². The van der Waals surface area contributed by atoms with Gasteiger partial charge in [-0.25, -0.2) is 13.2 Å². The Morgan fingerprint density at radius 3 is 2.02 bits per heavy atom. The summed E-state index contributed by atoms with van der Waals surface area (Å²) in [6.45, 7) is 5.21. The number of aliphatic hydroxyl groups is 1. The third-order valence-corrected chi connectivity index (χ3v) is 14.2. The first kappa shape index (κ1) is 40.2. The summed E-state index contributed by atoms with van der Waals surface area (Å²) < 4.78 is 60.9. The minimum Gasteiger partial charge on any atom is -0.449 e. The van der Waals surface area contributed by atoms with Crippen LogP contribution in [-0.4, -0.2) is 58.1 Å². The topological polar surface area (TPSA) is 89.9 Å². The first-order valence-corrected chi connectivity index (χ1v) is 20.5. The van der Waals surface area contributed by atoms with E-state index in [1.165, 1.54) is 19.1 Å². The number of ketones is 1. The van der Waals surface area contributed by atoms with Gasteiger partial charge in [0.2, 0.25) is 5.12 Å². The molecule has 0 unspecified atom stereocenters. The molecule has 0 heterocycles. The lowest BCUT2D eigenvalue weighted by Gasteiger charge is -2.63. The zero-order valence-electron chi connectivity index (χ0n) is 32.0. The van der Waals surface area contributed by atoms with E-state index in [1.54, 1.807) is 13.8 Å².